The van der Waals surface area contributed by atoms with Gasteiger partial charge in [0.05, 0.1) is 11.4 Å². The molecule has 0 amide bonds. The van der Waals surface area contributed by atoms with Crippen molar-refractivity contribution in [2.75, 3.05) is 0 Å². The summed E-state index contributed by atoms with van der Waals surface area (Å²) in [5.41, 5.74) is 2.76. The number of aromatic nitrogens is 7. The van der Waals surface area contributed by atoms with Crippen LogP contribution in [-0.4, -0.2) is 40.8 Å². The Kier molecular flexibility index (Phi) is 2.81. The first kappa shape index (κ1) is 11.2. The maximum absolute atomic E-state index is 4.34. The van der Waals surface area contributed by atoms with E-state index in [9.17, 15) is 0 Å². The second-order valence-corrected chi connectivity index (χ2v) is 3.83. The van der Waals surface area contributed by atoms with E-state index in [-0.39, 0.29) is 0 Å². The van der Waals surface area contributed by atoms with Gasteiger partial charge in [0.15, 0.2) is 0 Å². The Bertz CT molecular complexity index is 666. The minimum Gasteiger partial charge on any atom is -0.207 e. The van der Waals surface area contributed by atoms with E-state index in [2.05, 4.69) is 30.8 Å². The molecule has 0 aliphatic carbocycles. The maximum atomic E-state index is 4.34. The first-order valence-electron chi connectivity index (χ1n) is 5.57. The van der Waals surface area contributed by atoms with Gasteiger partial charge in [-0.25, -0.2) is 9.36 Å². The van der Waals surface area contributed by atoms with E-state index in [1.165, 1.54) is 0 Å². The first-order chi connectivity index (χ1) is 9.33. The summed E-state index contributed by atoms with van der Waals surface area (Å²) in [6.45, 7) is 1.92. The van der Waals surface area contributed by atoms with Crippen LogP contribution in [-0.2, 0) is 0 Å². The Hall–Kier alpha value is -2.90. The van der Waals surface area contributed by atoms with Crippen LogP contribution >= 0.6 is 0 Å². The van der Waals surface area contributed by atoms with Gasteiger partial charge in [0, 0.05) is 0 Å². The van der Waals surface area contributed by atoms with Gasteiger partial charge in [-0.1, -0.05) is 12.1 Å². The summed E-state index contributed by atoms with van der Waals surface area (Å²) >= 11 is 0. The van der Waals surface area contributed by atoms with Crippen molar-refractivity contribution in [3.05, 3.63) is 48.8 Å². The molecular weight excluding hydrogens is 244 g/mol. The number of hydrogen-bond donors (Lipinski definition) is 0. The molecule has 0 fully saturated rings. The highest BCUT2D eigenvalue weighted by molar-refractivity contribution is 5.98. The Morgan fingerprint density at radius 3 is 2.37 bits per heavy atom. The van der Waals surface area contributed by atoms with Crippen LogP contribution in [0.25, 0.3) is 5.69 Å². The average Bonchev–Trinajstić information content (AvgIpc) is 3.12. The fraction of sp³-hybridized carbons (Fsp3) is 0.0909. The number of benzene rings is 1. The highest BCUT2D eigenvalue weighted by Crippen LogP contribution is 2.09. The van der Waals surface area contributed by atoms with Gasteiger partial charge in [0.2, 0.25) is 0 Å². The van der Waals surface area contributed by atoms with Crippen LogP contribution < -0.4 is 0 Å². The lowest BCUT2D eigenvalue weighted by Crippen LogP contribution is -2.00. The molecule has 1 aromatic carbocycles. The second-order valence-electron chi connectivity index (χ2n) is 3.83. The van der Waals surface area contributed by atoms with Gasteiger partial charge >= 0.3 is 0 Å². The summed E-state index contributed by atoms with van der Waals surface area (Å²) in [4.78, 5) is 0. The highest BCUT2D eigenvalue weighted by Gasteiger charge is 2.01. The Morgan fingerprint density at radius 2 is 1.74 bits per heavy atom. The lowest BCUT2D eigenvalue weighted by molar-refractivity contribution is 0.789. The molecule has 0 bridgehead atoms. The average molecular weight is 254 g/mol. The van der Waals surface area contributed by atoms with Crippen LogP contribution in [0, 0.1) is 0 Å². The third-order valence-electron chi connectivity index (χ3n) is 2.57. The molecule has 2 aromatic heterocycles. The molecule has 0 saturated heterocycles. The molecule has 0 spiro atoms. The van der Waals surface area contributed by atoms with Gasteiger partial charge in [-0.2, -0.15) is 5.10 Å². The summed E-state index contributed by atoms with van der Waals surface area (Å²) in [7, 11) is 0. The van der Waals surface area contributed by atoms with Crippen LogP contribution in [0.5, 0.6) is 0 Å². The summed E-state index contributed by atoms with van der Waals surface area (Å²) in [6.07, 6.45) is 4.63. The van der Waals surface area contributed by atoms with E-state index in [0.717, 1.165) is 17.0 Å². The summed E-state index contributed by atoms with van der Waals surface area (Å²) < 4.78 is 3.15. The van der Waals surface area contributed by atoms with Crippen LogP contribution in [0.15, 0.2) is 48.3 Å². The van der Waals surface area contributed by atoms with E-state index >= 15 is 0 Å². The number of tetrazole rings is 1. The fourth-order valence-corrected chi connectivity index (χ4v) is 1.61. The fourth-order valence-electron chi connectivity index (χ4n) is 1.61. The van der Waals surface area contributed by atoms with Crippen molar-refractivity contribution in [1.29, 1.82) is 0 Å². The van der Waals surface area contributed by atoms with Gasteiger partial charge in [-0.3, -0.25) is 0 Å². The molecule has 3 rings (SSSR count). The molecule has 8 nitrogen and oxygen atoms in total. The molecular formula is C11H10N8. The van der Waals surface area contributed by atoms with Crippen LogP contribution in [0.1, 0.15) is 12.5 Å². The van der Waals surface area contributed by atoms with E-state index in [1.807, 2.05) is 31.2 Å². The van der Waals surface area contributed by atoms with Crippen molar-refractivity contribution in [2.45, 2.75) is 6.92 Å². The van der Waals surface area contributed by atoms with Gasteiger partial charge in [0.1, 0.15) is 19.0 Å². The van der Waals surface area contributed by atoms with Gasteiger partial charge in [-0.15, -0.1) is 15.3 Å². The normalized spacial score (nSPS) is 11.7. The molecule has 0 radical (unpaired) electrons. The predicted molar refractivity (Wildman–Crippen MR) is 66.8 cm³/mol. The molecule has 3 aromatic rings. The first-order valence-corrected chi connectivity index (χ1v) is 5.57. The van der Waals surface area contributed by atoms with Crippen molar-refractivity contribution in [1.82, 2.24) is 35.1 Å². The molecule has 0 atom stereocenters. The van der Waals surface area contributed by atoms with E-state index in [0.29, 0.717) is 0 Å². The minimum absolute atomic E-state index is 0.864. The third-order valence-corrected chi connectivity index (χ3v) is 2.57. The molecule has 2 heterocycles. The molecule has 0 aliphatic heterocycles. The van der Waals surface area contributed by atoms with Gasteiger partial charge < -0.3 is 0 Å². The Morgan fingerprint density at radius 1 is 1.00 bits per heavy atom. The van der Waals surface area contributed by atoms with Gasteiger partial charge in [0.25, 0.3) is 0 Å². The lowest BCUT2D eigenvalue weighted by atomic mass is 10.1. The quantitative estimate of drug-likeness (QED) is 0.636. The molecule has 0 aliphatic rings. The Labute approximate surface area is 108 Å². The zero-order chi connectivity index (χ0) is 13.1. The van der Waals surface area contributed by atoms with Crippen molar-refractivity contribution < 1.29 is 0 Å². The van der Waals surface area contributed by atoms with Gasteiger partial charge in [-0.05, 0) is 35.0 Å². The van der Waals surface area contributed by atoms with E-state index in [4.69, 9.17) is 0 Å². The van der Waals surface area contributed by atoms with Crippen molar-refractivity contribution >= 4 is 5.71 Å². The molecule has 8 heteroatoms. The monoisotopic (exact) mass is 254 g/mol. The summed E-state index contributed by atoms with van der Waals surface area (Å²) in [5.74, 6) is 0. The summed E-state index contributed by atoms with van der Waals surface area (Å²) in [5, 5.41) is 22.8. The molecule has 0 unspecified atom stereocenters. The minimum atomic E-state index is 0.864. The highest BCUT2D eigenvalue weighted by atomic mass is 15.5. The SMILES string of the molecule is C/C(=N\n1cnnc1)c1ccc(-n2cnnn2)cc1. The smallest absolute Gasteiger partial charge is 0.143 e. The maximum Gasteiger partial charge on any atom is 0.143 e. The second kappa shape index (κ2) is 4.77. The molecule has 0 N–H and O–H groups in total. The Balaban J connectivity index is 1.87. The summed E-state index contributed by atoms with van der Waals surface area (Å²) in [6, 6.07) is 7.77. The third kappa shape index (κ3) is 2.37. The number of hydrogen-bond acceptors (Lipinski definition) is 6. The number of rotatable bonds is 3. The van der Waals surface area contributed by atoms with Crippen LogP contribution in [0.2, 0.25) is 0 Å². The molecule has 19 heavy (non-hydrogen) atoms. The zero-order valence-electron chi connectivity index (χ0n) is 10.1. The predicted octanol–water partition coefficient (Wildman–Crippen LogP) is 0.526. The molecule has 94 valence electrons. The largest absolute Gasteiger partial charge is 0.207 e. The zero-order valence-corrected chi connectivity index (χ0v) is 10.1. The number of nitrogens with zero attached hydrogens (tertiary/aromatic N) is 8. The standard InChI is InChI=1S/C11H10N8/c1-9(15-18-6-12-13-7-18)10-2-4-11(5-3-10)19-8-14-16-17-19/h2-8H,1H3/b15-9+. The topological polar surface area (TPSA) is 86.7 Å². The van der Waals surface area contributed by atoms with E-state index < -0.39 is 0 Å². The van der Waals surface area contributed by atoms with Crippen molar-refractivity contribution in [3.8, 4) is 5.69 Å². The van der Waals surface area contributed by atoms with E-state index in [1.54, 1.807) is 28.3 Å². The van der Waals surface area contributed by atoms with Crippen molar-refractivity contribution in [3.63, 3.8) is 0 Å². The molecule has 0 saturated carbocycles. The lowest BCUT2D eigenvalue weighted by Gasteiger charge is -2.03. The van der Waals surface area contributed by atoms with Crippen molar-refractivity contribution in [2.24, 2.45) is 5.10 Å². The van der Waals surface area contributed by atoms with Crippen LogP contribution in [0.3, 0.4) is 0 Å². The van der Waals surface area contributed by atoms with Crippen LogP contribution in [0.4, 0.5) is 0 Å².